The summed E-state index contributed by atoms with van der Waals surface area (Å²) in [6.45, 7) is 4.78. The van der Waals surface area contributed by atoms with Gasteiger partial charge in [-0.3, -0.25) is 4.90 Å². The number of nitrogens with zero attached hydrogens (tertiary/aromatic N) is 1. The normalized spacial score (nSPS) is 41.9. The number of aliphatic hydroxyl groups is 1. The summed E-state index contributed by atoms with van der Waals surface area (Å²) < 4.78 is 12.5. The van der Waals surface area contributed by atoms with E-state index in [1.165, 1.54) is 18.4 Å². The summed E-state index contributed by atoms with van der Waals surface area (Å²) in [5.74, 6) is 1.63. The van der Waals surface area contributed by atoms with Crippen molar-refractivity contribution in [3.05, 3.63) is 23.3 Å². The Morgan fingerprint density at radius 2 is 2.11 bits per heavy atom. The molecule has 1 spiro atoms. The number of rotatable bonds is 4. The third kappa shape index (κ3) is 1.95. The molecule has 0 radical (unpaired) electrons. The molecule has 27 heavy (non-hydrogen) atoms. The monoisotopic (exact) mass is 371 g/mol. The van der Waals surface area contributed by atoms with Crippen molar-refractivity contribution in [1.82, 2.24) is 4.90 Å². The lowest BCUT2D eigenvalue weighted by Crippen LogP contribution is -2.77. The van der Waals surface area contributed by atoms with Gasteiger partial charge < -0.3 is 19.7 Å². The van der Waals surface area contributed by atoms with E-state index in [-0.39, 0.29) is 24.0 Å². The number of hydrogen-bond acceptors (Lipinski definition) is 5. The lowest BCUT2D eigenvalue weighted by atomic mass is 9.48. The molecule has 1 aromatic rings. The van der Waals surface area contributed by atoms with Gasteiger partial charge in [0.1, 0.15) is 6.10 Å². The van der Waals surface area contributed by atoms with Gasteiger partial charge in [-0.25, -0.2) is 0 Å². The summed E-state index contributed by atoms with van der Waals surface area (Å²) in [5.41, 5.74) is 1.08. The molecule has 3 aliphatic carbocycles. The molecule has 1 saturated heterocycles. The van der Waals surface area contributed by atoms with Crippen LogP contribution in [-0.4, -0.2) is 58.7 Å². The zero-order chi connectivity index (χ0) is 18.4. The summed E-state index contributed by atoms with van der Waals surface area (Å²) in [6, 6.07) is 3.96. The predicted molar refractivity (Wildman–Crippen MR) is 100 cm³/mol. The molecule has 5 nitrogen and oxygen atoms in total. The van der Waals surface area contributed by atoms with Crippen LogP contribution >= 0.6 is 0 Å². The first-order valence-electron chi connectivity index (χ1n) is 10.7. The Labute approximate surface area is 160 Å². The maximum absolute atomic E-state index is 12.2. The molecule has 2 saturated carbocycles. The number of hydrogen-bond donors (Lipinski definition) is 2. The van der Waals surface area contributed by atoms with E-state index in [0.717, 1.165) is 50.3 Å². The molecule has 6 rings (SSSR count). The van der Waals surface area contributed by atoms with Gasteiger partial charge in [0.05, 0.1) is 17.1 Å². The van der Waals surface area contributed by atoms with Gasteiger partial charge in [-0.05, 0) is 69.5 Å². The van der Waals surface area contributed by atoms with Crippen LogP contribution in [0.4, 0.5) is 0 Å². The van der Waals surface area contributed by atoms with Crippen molar-refractivity contribution in [2.75, 3.05) is 19.7 Å². The average molecular weight is 371 g/mol. The molecule has 1 aromatic carbocycles. The van der Waals surface area contributed by atoms with Gasteiger partial charge in [-0.1, -0.05) is 6.07 Å². The molecular weight excluding hydrogens is 342 g/mol. The van der Waals surface area contributed by atoms with Crippen LogP contribution in [0, 0.1) is 5.92 Å². The number of piperidine rings is 1. The van der Waals surface area contributed by atoms with Crippen LogP contribution in [0.3, 0.4) is 0 Å². The summed E-state index contributed by atoms with van der Waals surface area (Å²) in [5, 5.41) is 22.8. The Hall–Kier alpha value is -1.30. The van der Waals surface area contributed by atoms with Crippen molar-refractivity contribution in [2.45, 2.75) is 74.7 Å². The van der Waals surface area contributed by atoms with E-state index >= 15 is 0 Å². The van der Waals surface area contributed by atoms with Crippen LogP contribution in [-0.2, 0) is 16.6 Å². The van der Waals surface area contributed by atoms with Crippen molar-refractivity contribution >= 4 is 0 Å². The molecule has 146 valence electrons. The average Bonchev–Trinajstić information content (AvgIpc) is 3.39. The highest BCUT2D eigenvalue weighted by molar-refractivity contribution is 5.62. The minimum Gasteiger partial charge on any atom is -0.504 e. The minimum atomic E-state index is -0.801. The quantitative estimate of drug-likeness (QED) is 0.851. The molecule has 0 unspecified atom stereocenters. The fourth-order valence-corrected chi connectivity index (χ4v) is 6.82. The number of likely N-dealkylation sites (tertiary alicyclic amines) is 1. The van der Waals surface area contributed by atoms with E-state index in [9.17, 15) is 10.2 Å². The van der Waals surface area contributed by atoms with E-state index in [2.05, 4.69) is 11.0 Å². The molecule has 3 fully saturated rings. The van der Waals surface area contributed by atoms with Crippen LogP contribution in [0.25, 0.3) is 0 Å². The lowest BCUT2D eigenvalue weighted by Gasteiger charge is -2.64. The van der Waals surface area contributed by atoms with Crippen molar-refractivity contribution in [3.63, 3.8) is 0 Å². The van der Waals surface area contributed by atoms with Gasteiger partial charge in [0.15, 0.2) is 11.5 Å². The molecule has 5 heteroatoms. The summed E-state index contributed by atoms with van der Waals surface area (Å²) in [6.07, 6.45) is 5.73. The van der Waals surface area contributed by atoms with Gasteiger partial charge >= 0.3 is 0 Å². The SMILES string of the molecule is CCO[C@@H]1CC[C@]2(O)[C@H]3Cc4ccc(O)c5c4[C@@]2(CCN3CC2CC2)[C@H]1O5. The topological polar surface area (TPSA) is 62.2 Å². The molecule has 5 aliphatic rings. The first-order chi connectivity index (χ1) is 13.1. The number of ether oxygens (including phenoxy) is 2. The second-order valence-corrected chi connectivity index (χ2v) is 9.32. The summed E-state index contributed by atoms with van der Waals surface area (Å²) >= 11 is 0. The highest BCUT2D eigenvalue weighted by Crippen LogP contribution is 2.65. The zero-order valence-corrected chi connectivity index (χ0v) is 16.0. The summed E-state index contributed by atoms with van der Waals surface area (Å²) in [7, 11) is 0. The van der Waals surface area contributed by atoms with E-state index in [4.69, 9.17) is 9.47 Å². The minimum absolute atomic E-state index is 0.0244. The van der Waals surface area contributed by atoms with Crippen molar-refractivity contribution in [3.8, 4) is 11.5 Å². The van der Waals surface area contributed by atoms with E-state index in [1.807, 2.05) is 6.92 Å². The van der Waals surface area contributed by atoms with Crippen LogP contribution in [0.15, 0.2) is 12.1 Å². The molecule has 2 bridgehead atoms. The Morgan fingerprint density at radius 3 is 2.89 bits per heavy atom. The molecule has 0 aromatic heterocycles. The van der Waals surface area contributed by atoms with Crippen LogP contribution in [0.1, 0.15) is 50.2 Å². The van der Waals surface area contributed by atoms with Crippen molar-refractivity contribution in [2.24, 2.45) is 5.92 Å². The van der Waals surface area contributed by atoms with Gasteiger partial charge in [0, 0.05) is 24.8 Å². The van der Waals surface area contributed by atoms with Gasteiger partial charge in [0.2, 0.25) is 0 Å². The second kappa shape index (κ2) is 5.40. The van der Waals surface area contributed by atoms with Crippen LogP contribution in [0.5, 0.6) is 11.5 Å². The van der Waals surface area contributed by atoms with E-state index in [0.29, 0.717) is 12.4 Å². The maximum Gasteiger partial charge on any atom is 0.165 e. The Balaban J connectivity index is 1.53. The fraction of sp³-hybridized carbons (Fsp3) is 0.727. The van der Waals surface area contributed by atoms with Gasteiger partial charge in [-0.2, -0.15) is 0 Å². The zero-order valence-electron chi connectivity index (χ0n) is 16.0. The third-order valence-corrected chi connectivity index (χ3v) is 8.09. The molecular formula is C22H29NO4. The van der Waals surface area contributed by atoms with Gasteiger partial charge in [-0.15, -0.1) is 0 Å². The molecule has 2 heterocycles. The van der Waals surface area contributed by atoms with Crippen LogP contribution < -0.4 is 4.74 Å². The highest BCUT2D eigenvalue weighted by Gasteiger charge is 2.73. The molecule has 0 amide bonds. The molecule has 2 aliphatic heterocycles. The molecule has 5 atom stereocenters. The highest BCUT2D eigenvalue weighted by atomic mass is 16.6. The number of benzene rings is 1. The van der Waals surface area contributed by atoms with Crippen molar-refractivity contribution < 1.29 is 19.7 Å². The van der Waals surface area contributed by atoms with Gasteiger partial charge in [0.25, 0.3) is 0 Å². The second-order valence-electron chi connectivity index (χ2n) is 9.32. The maximum atomic E-state index is 12.2. The lowest BCUT2D eigenvalue weighted by molar-refractivity contribution is -0.214. The van der Waals surface area contributed by atoms with E-state index in [1.54, 1.807) is 6.07 Å². The Kier molecular flexibility index (Phi) is 3.33. The predicted octanol–water partition coefficient (Wildman–Crippen LogP) is 2.36. The Morgan fingerprint density at radius 1 is 1.26 bits per heavy atom. The smallest absolute Gasteiger partial charge is 0.165 e. The summed E-state index contributed by atoms with van der Waals surface area (Å²) in [4.78, 5) is 2.56. The largest absolute Gasteiger partial charge is 0.504 e. The number of phenols is 1. The molecule has 2 N–H and O–H groups in total. The third-order valence-electron chi connectivity index (χ3n) is 8.09. The fourth-order valence-electron chi connectivity index (χ4n) is 6.82. The van der Waals surface area contributed by atoms with Crippen LogP contribution in [0.2, 0.25) is 0 Å². The number of aromatic hydroxyl groups is 1. The van der Waals surface area contributed by atoms with Crippen molar-refractivity contribution in [1.29, 1.82) is 0 Å². The first-order valence-corrected chi connectivity index (χ1v) is 10.7. The standard InChI is InChI=1S/C22H29NO4/c1-2-26-16-7-8-22(25)17-11-14-5-6-15(24)19-18(14)21(22,20(16)27-19)9-10-23(17)12-13-3-4-13/h5-6,13,16-17,20,24-25H,2-4,7-12H2,1H3/t16-,17-,20+,21+,22+/m1/s1. The Bertz CT molecular complexity index is 793. The number of phenolic OH excluding ortho intramolecular Hbond substituents is 1. The van der Waals surface area contributed by atoms with E-state index < -0.39 is 11.0 Å². The first kappa shape index (κ1) is 16.6.